The minimum atomic E-state index is -0.672. The van der Waals surface area contributed by atoms with Crippen molar-refractivity contribution in [3.05, 3.63) is 35.0 Å². The molecule has 0 aliphatic carbocycles. The SMILES string of the molecule is O=C1Cc2sc(-c3ccccn3)nc2C(=O)O1. The molecule has 3 rings (SSSR count). The second-order valence-electron chi connectivity index (χ2n) is 3.44. The molecule has 6 heteroatoms. The Morgan fingerprint density at radius 1 is 1.29 bits per heavy atom. The first-order valence-corrected chi connectivity index (χ1v) is 5.72. The number of nitrogens with zero attached hydrogens (tertiary/aromatic N) is 2. The highest BCUT2D eigenvalue weighted by Gasteiger charge is 2.29. The van der Waals surface area contributed by atoms with Gasteiger partial charge in [-0.15, -0.1) is 11.3 Å². The van der Waals surface area contributed by atoms with Crippen LogP contribution in [0.25, 0.3) is 10.7 Å². The van der Waals surface area contributed by atoms with Crippen LogP contribution in [0.1, 0.15) is 15.4 Å². The molecule has 0 N–H and O–H groups in total. The Morgan fingerprint density at radius 2 is 2.18 bits per heavy atom. The summed E-state index contributed by atoms with van der Waals surface area (Å²) in [5.74, 6) is -1.20. The van der Waals surface area contributed by atoms with Gasteiger partial charge < -0.3 is 4.74 Å². The molecule has 0 radical (unpaired) electrons. The average Bonchev–Trinajstić information content (AvgIpc) is 2.74. The molecule has 17 heavy (non-hydrogen) atoms. The largest absolute Gasteiger partial charge is 0.388 e. The van der Waals surface area contributed by atoms with Crippen molar-refractivity contribution >= 4 is 23.3 Å². The standard InChI is InChI=1S/C11H6N2O3S/c14-8-5-7-9(11(15)16-8)13-10(17-7)6-3-1-2-4-12-6/h1-4H,5H2. The topological polar surface area (TPSA) is 69.2 Å². The van der Waals surface area contributed by atoms with E-state index in [1.165, 1.54) is 11.3 Å². The first kappa shape index (κ1) is 10.1. The van der Waals surface area contributed by atoms with Gasteiger partial charge in [-0.05, 0) is 12.1 Å². The number of hydrogen-bond acceptors (Lipinski definition) is 6. The molecule has 0 amide bonds. The van der Waals surface area contributed by atoms with Gasteiger partial charge in [0.25, 0.3) is 0 Å². The molecule has 0 fully saturated rings. The maximum atomic E-state index is 11.4. The summed E-state index contributed by atoms with van der Waals surface area (Å²) in [7, 11) is 0. The van der Waals surface area contributed by atoms with Gasteiger partial charge in [0.15, 0.2) is 5.69 Å². The van der Waals surface area contributed by atoms with Crippen molar-refractivity contribution in [2.24, 2.45) is 0 Å². The van der Waals surface area contributed by atoms with Crippen molar-refractivity contribution in [2.75, 3.05) is 0 Å². The van der Waals surface area contributed by atoms with Gasteiger partial charge in [-0.25, -0.2) is 9.78 Å². The van der Waals surface area contributed by atoms with E-state index in [1.54, 1.807) is 18.3 Å². The number of carbonyl (C=O) groups is 2. The summed E-state index contributed by atoms with van der Waals surface area (Å²) < 4.78 is 4.51. The molecule has 1 aliphatic rings. The number of carbonyl (C=O) groups excluding carboxylic acids is 2. The lowest BCUT2D eigenvalue weighted by molar-refractivity contribution is -0.137. The first-order chi connectivity index (χ1) is 8.24. The zero-order valence-electron chi connectivity index (χ0n) is 8.54. The lowest BCUT2D eigenvalue weighted by Gasteiger charge is -2.06. The maximum absolute atomic E-state index is 11.4. The van der Waals surface area contributed by atoms with Crippen molar-refractivity contribution in [2.45, 2.75) is 6.42 Å². The maximum Gasteiger partial charge on any atom is 0.365 e. The minimum absolute atomic E-state index is 0.103. The number of ether oxygens (including phenoxy) is 1. The quantitative estimate of drug-likeness (QED) is 0.562. The molecule has 0 unspecified atom stereocenters. The number of pyridine rings is 1. The molecule has 0 aromatic carbocycles. The zero-order valence-corrected chi connectivity index (χ0v) is 9.36. The smallest absolute Gasteiger partial charge is 0.365 e. The number of hydrogen-bond donors (Lipinski definition) is 0. The Bertz CT molecular complexity index is 606. The summed E-state index contributed by atoms with van der Waals surface area (Å²) in [4.78, 5) is 31.5. The number of rotatable bonds is 1. The van der Waals surface area contributed by atoms with Gasteiger partial charge in [0.05, 0.1) is 17.0 Å². The predicted octanol–water partition coefficient (Wildman–Crippen LogP) is 1.44. The molecule has 5 nitrogen and oxygen atoms in total. The second-order valence-corrected chi connectivity index (χ2v) is 4.53. The van der Waals surface area contributed by atoms with Crippen LogP contribution in [0.4, 0.5) is 0 Å². The third-order valence-electron chi connectivity index (χ3n) is 2.29. The van der Waals surface area contributed by atoms with Crippen molar-refractivity contribution in [1.29, 1.82) is 0 Å². The van der Waals surface area contributed by atoms with Gasteiger partial charge in [-0.3, -0.25) is 9.78 Å². The van der Waals surface area contributed by atoms with E-state index in [1.807, 2.05) is 6.07 Å². The van der Waals surface area contributed by atoms with E-state index in [4.69, 9.17) is 0 Å². The number of cyclic esters (lactones) is 2. The summed E-state index contributed by atoms with van der Waals surface area (Å²) in [5, 5.41) is 0.627. The van der Waals surface area contributed by atoms with Crippen LogP contribution < -0.4 is 0 Å². The highest BCUT2D eigenvalue weighted by molar-refractivity contribution is 7.15. The number of thiazole rings is 1. The fourth-order valence-corrected chi connectivity index (χ4v) is 2.56. The lowest BCUT2D eigenvalue weighted by atomic mass is 10.2. The van der Waals surface area contributed by atoms with Crippen LogP contribution in [0.5, 0.6) is 0 Å². The van der Waals surface area contributed by atoms with E-state index in [9.17, 15) is 9.59 Å². The van der Waals surface area contributed by atoms with Crippen LogP contribution in [0.2, 0.25) is 0 Å². The van der Waals surface area contributed by atoms with Crippen LogP contribution in [0, 0.1) is 0 Å². The minimum Gasteiger partial charge on any atom is -0.388 e. The highest BCUT2D eigenvalue weighted by Crippen LogP contribution is 2.29. The predicted molar refractivity (Wildman–Crippen MR) is 59.5 cm³/mol. The summed E-state index contributed by atoms with van der Waals surface area (Å²) >= 11 is 1.30. The molecule has 2 aromatic heterocycles. The van der Waals surface area contributed by atoms with E-state index in [-0.39, 0.29) is 12.1 Å². The summed E-state index contributed by atoms with van der Waals surface area (Å²) in [6, 6.07) is 5.44. The third-order valence-corrected chi connectivity index (χ3v) is 3.36. The van der Waals surface area contributed by atoms with Gasteiger partial charge in [0.2, 0.25) is 0 Å². The van der Waals surface area contributed by atoms with Gasteiger partial charge in [-0.2, -0.15) is 0 Å². The van der Waals surface area contributed by atoms with Gasteiger partial charge >= 0.3 is 11.9 Å². The van der Waals surface area contributed by atoms with Crippen molar-refractivity contribution < 1.29 is 14.3 Å². The van der Waals surface area contributed by atoms with E-state index < -0.39 is 11.9 Å². The zero-order chi connectivity index (χ0) is 11.8. The molecular formula is C11H6N2O3S. The first-order valence-electron chi connectivity index (χ1n) is 4.90. The monoisotopic (exact) mass is 246 g/mol. The van der Waals surface area contributed by atoms with Crippen LogP contribution in [0.15, 0.2) is 24.4 Å². The van der Waals surface area contributed by atoms with Gasteiger partial charge in [0.1, 0.15) is 5.01 Å². The Balaban J connectivity index is 2.08. The van der Waals surface area contributed by atoms with Crippen molar-refractivity contribution in [1.82, 2.24) is 9.97 Å². The van der Waals surface area contributed by atoms with Gasteiger partial charge in [-0.1, -0.05) is 6.07 Å². The number of esters is 2. The molecule has 84 valence electrons. The van der Waals surface area contributed by atoms with Crippen LogP contribution in [-0.2, 0) is 16.0 Å². The van der Waals surface area contributed by atoms with Crippen molar-refractivity contribution in [3.8, 4) is 10.7 Å². The molecule has 2 aromatic rings. The molecule has 3 heterocycles. The highest BCUT2D eigenvalue weighted by atomic mass is 32.1. The fourth-order valence-electron chi connectivity index (χ4n) is 1.55. The normalized spacial score (nSPS) is 14.4. The number of fused-ring (bicyclic) bond motifs is 1. The van der Waals surface area contributed by atoms with E-state index >= 15 is 0 Å². The summed E-state index contributed by atoms with van der Waals surface area (Å²) in [6.45, 7) is 0. The Hall–Kier alpha value is -2.08. The molecule has 0 saturated heterocycles. The molecule has 0 saturated carbocycles. The number of aromatic nitrogens is 2. The van der Waals surface area contributed by atoms with Crippen LogP contribution in [0.3, 0.4) is 0 Å². The molecule has 0 atom stereocenters. The van der Waals surface area contributed by atoms with E-state index in [0.717, 1.165) is 0 Å². The second kappa shape index (κ2) is 3.74. The summed E-state index contributed by atoms with van der Waals surface area (Å²) in [6.07, 6.45) is 1.75. The Morgan fingerprint density at radius 3 is 2.94 bits per heavy atom. The molecule has 1 aliphatic heterocycles. The Labute approximate surface area is 100 Å². The fraction of sp³-hybridized carbons (Fsp3) is 0.0909. The third kappa shape index (κ3) is 1.72. The van der Waals surface area contributed by atoms with Crippen LogP contribution in [-0.4, -0.2) is 21.9 Å². The molecule has 0 bridgehead atoms. The van der Waals surface area contributed by atoms with Crippen molar-refractivity contribution in [3.63, 3.8) is 0 Å². The average molecular weight is 246 g/mol. The van der Waals surface area contributed by atoms with Gasteiger partial charge in [0, 0.05) is 6.20 Å². The lowest BCUT2D eigenvalue weighted by Crippen LogP contribution is -2.21. The molecule has 0 spiro atoms. The molecular weight excluding hydrogens is 240 g/mol. The van der Waals surface area contributed by atoms with E-state index in [2.05, 4.69) is 14.7 Å². The van der Waals surface area contributed by atoms with Crippen LogP contribution >= 0.6 is 11.3 Å². The Kier molecular flexibility index (Phi) is 2.22. The van der Waals surface area contributed by atoms with E-state index in [0.29, 0.717) is 15.6 Å². The summed E-state index contributed by atoms with van der Waals surface area (Å²) in [5.41, 5.74) is 0.919.